The molecular weight excluding hydrogens is 240 g/mol. The first kappa shape index (κ1) is 11.4. The van der Waals surface area contributed by atoms with Crippen molar-refractivity contribution in [3.8, 4) is 0 Å². The Balaban J connectivity index is 2.97. The number of carbonyl (C=O) groups excluding carboxylic acids is 1. The number of hydrogen-bond donors (Lipinski definition) is 0. The fourth-order valence-electron chi connectivity index (χ4n) is 1.26. The number of ketones is 1. The van der Waals surface area contributed by atoms with Gasteiger partial charge in [0.05, 0.1) is 4.83 Å². The number of halogens is 1. The molecule has 0 saturated carbocycles. The van der Waals surface area contributed by atoms with Gasteiger partial charge in [0.25, 0.3) is 0 Å². The van der Waals surface area contributed by atoms with Crippen LogP contribution in [0.25, 0.3) is 0 Å². The van der Waals surface area contributed by atoms with Gasteiger partial charge in [-0.25, -0.2) is 0 Å². The highest BCUT2D eigenvalue weighted by atomic mass is 79.9. The Morgan fingerprint density at radius 1 is 1.36 bits per heavy atom. The second-order valence-electron chi connectivity index (χ2n) is 3.54. The molecule has 0 spiro atoms. The monoisotopic (exact) mass is 254 g/mol. The van der Waals surface area contributed by atoms with Crippen LogP contribution in [-0.2, 0) is 0 Å². The maximum Gasteiger partial charge on any atom is 0.176 e. The van der Waals surface area contributed by atoms with Crippen LogP contribution in [0.15, 0.2) is 18.2 Å². The molecule has 1 nitrogen and oxygen atoms in total. The van der Waals surface area contributed by atoms with E-state index in [9.17, 15) is 4.79 Å². The smallest absolute Gasteiger partial charge is 0.176 e. The summed E-state index contributed by atoms with van der Waals surface area (Å²) in [5, 5.41) is 0. The quantitative estimate of drug-likeness (QED) is 0.595. The lowest BCUT2D eigenvalue weighted by atomic mass is 10.0. The van der Waals surface area contributed by atoms with Gasteiger partial charge < -0.3 is 0 Å². The van der Waals surface area contributed by atoms with Crippen LogP contribution >= 0.6 is 15.9 Å². The zero-order valence-electron chi connectivity index (χ0n) is 8.80. The Bertz CT molecular complexity index is 344. The van der Waals surface area contributed by atoms with E-state index in [4.69, 9.17) is 0 Å². The number of carbonyl (C=O) groups is 1. The third-order valence-electron chi connectivity index (χ3n) is 2.43. The predicted molar refractivity (Wildman–Crippen MR) is 63.3 cm³/mol. The molecule has 0 N–H and O–H groups in total. The Morgan fingerprint density at radius 3 is 2.50 bits per heavy atom. The van der Waals surface area contributed by atoms with E-state index < -0.39 is 0 Å². The molecule has 0 saturated heterocycles. The molecule has 0 aliphatic heterocycles. The van der Waals surface area contributed by atoms with Gasteiger partial charge >= 0.3 is 0 Å². The van der Waals surface area contributed by atoms with Crippen molar-refractivity contribution in [3.05, 3.63) is 34.9 Å². The van der Waals surface area contributed by atoms with E-state index in [0.717, 1.165) is 12.0 Å². The van der Waals surface area contributed by atoms with Crippen LogP contribution in [0.3, 0.4) is 0 Å². The summed E-state index contributed by atoms with van der Waals surface area (Å²) in [6.45, 7) is 6.08. The number of aryl methyl sites for hydroxylation is 2. The second kappa shape index (κ2) is 4.74. The van der Waals surface area contributed by atoms with Crippen molar-refractivity contribution < 1.29 is 4.79 Å². The third kappa shape index (κ3) is 2.44. The van der Waals surface area contributed by atoms with Gasteiger partial charge in [-0.05, 0) is 37.5 Å². The van der Waals surface area contributed by atoms with E-state index in [1.807, 2.05) is 32.0 Å². The summed E-state index contributed by atoms with van der Waals surface area (Å²) >= 11 is 3.37. The number of rotatable bonds is 3. The normalized spacial score (nSPS) is 12.6. The molecule has 2 heteroatoms. The molecule has 0 heterocycles. The molecule has 0 bridgehead atoms. The van der Waals surface area contributed by atoms with Gasteiger partial charge in [0, 0.05) is 5.56 Å². The van der Waals surface area contributed by atoms with Crippen LogP contribution < -0.4 is 0 Å². The maximum absolute atomic E-state index is 11.8. The highest BCUT2D eigenvalue weighted by Gasteiger charge is 2.14. The van der Waals surface area contributed by atoms with E-state index >= 15 is 0 Å². The number of hydrogen-bond acceptors (Lipinski definition) is 1. The average Bonchev–Trinajstić information content (AvgIpc) is 2.20. The van der Waals surface area contributed by atoms with E-state index in [1.165, 1.54) is 11.1 Å². The molecule has 1 rings (SSSR count). The van der Waals surface area contributed by atoms with Crippen LogP contribution in [-0.4, -0.2) is 10.6 Å². The van der Waals surface area contributed by atoms with Crippen molar-refractivity contribution in [1.82, 2.24) is 0 Å². The largest absolute Gasteiger partial charge is 0.293 e. The minimum Gasteiger partial charge on any atom is -0.293 e. The molecule has 1 atom stereocenters. The van der Waals surface area contributed by atoms with Crippen LogP contribution in [0.2, 0.25) is 0 Å². The van der Waals surface area contributed by atoms with Crippen LogP contribution in [0.1, 0.15) is 34.8 Å². The van der Waals surface area contributed by atoms with Crippen molar-refractivity contribution >= 4 is 21.7 Å². The zero-order valence-corrected chi connectivity index (χ0v) is 10.4. The summed E-state index contributed by atoms with van der Waals surface area (Å²) in [6, 6.07) is 5.86. The van der Waals surface area contributed by atoms with E-state index in [-0.39, 0.29) is 10.6 Å². The number of alkyl halides is 1. The first-order valence-electron chi connectivity index (χ1n) is 4.81. The van der Waals surface area contributed by atoms with Gasteiger partial charge in [0.1, 0.15) is 0 Å². The lowest BCUT2D eigenvalue weighted by Crippen LogP contribution is -2.13. The van der Waals surface area contributed by atoms with Crippen molar-refractivity contribution in [2.24, 2.45) is 0 Å². The lowest BCUT2D eigenvalue weighted by Gasteiger charge is -2.07. The number of benzene rings is 1. The van der Waals surface area contributed by atoms with Gasteiger partial charge in [-0.1, -0.05) is 35.0 Å². The number of Topliss-reactive ketones (excluding diaryl/α,β-unsaturated/α-hetero) is 1. The van der Waals surface area contributed by atoms with Crippen LogP contribution in [0.5, 0.6) is 0 Å². The summed E-state index contributed by atoms with van der Waals surface area (Å²) < 4.78 is 0. The molecule has 1 aromatic rings. The van der Waals surface area contributed by atoms with Gasteiger partial charge in [-0.2, -0.15) is 0 Å². The van der Waals surface area contributed by atoms with Crippen LogP contribution in [0.4, 0.5) is 0 Å². The Hall–Kier alpha value is -0.630. The van der Waals surface area contributed by atoms with Crippen LogP contribution in [0, 0.1) is 13.8 Å². The summed E-state index contributed by atoms with van der Waals surface area (Å²) in [5.74, 6) is 0.176. The van der Waals surface area contributed by atoms with E-state index in [1.54, 1.807) is 0 Å². The summed E-state index contributed by atoms with van der Waals surface area (Å²) in [5.41, 5.74) is 3.20. The molecule has 0 radical (unpaired) electrons. The topological polar surface area (TPSA) is 17.1 Å². The molecule has 0 fully saturated rings. The molecule has 0 aliphatic rings. The van der Waals surface area contributed by atoms with E-state index in [0.29, 0.717) is 0 Å². The van der Waals surface area contributed by atoms with Gasteiger partial charge in [-0.15, -0.1) is 0 Å². The van der Waals surface area contributed by atoms with E-state index in [2.05, 4.69) is 22.9 Å². The van der Waals surface area contributed by atoms with Gasteiger partial charge in [0.15, 0.2) is 5.78 Å². The minimum absolute atomic E-state index is 0.0513. The minimum atomic E-state index is -0.0513. The zero-order chi connectivity index (χ0) is 10.7. The highest BCUT2D eigenvalue weighted by molar-refractivity contribution is 9.10. The second-order valence-corrected chi connectivity index (χ2v) is 4.64. The average molecular weight is 255 g/mol. The molecule has 0 amide bonds. The summed E-state index contributed by atoms with van der Waals surface area (Å²) in [7, 11) is 0. The first-order valence-corrected chi connectivity index (χ1v) is 5.73. The Morgan fingerprint density at radius 2 is 2.00 bits per heavy atom. The molecule has 1 aromatic carbocycles. The summed E-state index contributed by atoms with van der Waals surface area (Å²) in [4.78, 5) is 11.7. The van der Waals surface area contributed by atoms with Gasteiger partial charge in [0.2, 0.25) is 0 Å². The summed E-state index contributed by atoms with van der Waals surface area (Å²) in [6.07, 6.45) is 0.825. The standard InChI is InChI=1S/C12H15BrO/c1-4-11(13)12(14)10-6-5-8(2)9(3)7-10/h5-7,11H,4H2,1-3H3. The molecule has 0 aliphatic carbocycles. The SMILES string of the molecule is CCC(Br)C(=O)c1ccc(C)c(C)c1. The molecular formula is C12H15BrO. The molecule has 14 heavy (non-hydrogen) atoms. The Kier molecular flexibility index (Phi) is 3.87. The fourth-order valence-corrected chi connectivity index (χ4v) is 1.53. The Labute approximate surface area is 93.7 Å². The van der Waals surface area contributed by atoms with Crippen molar-refractivity contribution in [1.29, 1.82) is 0 Å². The molecule has 0 aromatic heterocycles. The fraction of sp³-hybridized carbons (Fsp3) is 0.417. The first-order chi connectivity index (χ1) is 6.56. The van der Waals surface area contributed by atoms with Crippen molar-refractivity contribution in [2.45, 2.75) is 32.0 Å². The third-order valence-corrected chi connectivity index (χ3v) is 3.50. The highest BCUT2D eigenvalue weighted by Crippen LogP contribution is 2.16. The molecule has 76 valence electrons. The maximum atomic E-state index is 11.8. The predicted octanol–water partition coefficient (Wildman–Crippen LogP) is 3.66. The van der Waals surface area contributed by atoms with Crippen molar-refractivity contribution in [2.75, 3.05) is 0 Å². The molecule has 1 unspecified atom stereocenters. The lowest BCUT2D eigenvalue weighted by molar-refractivity contribution is 0.0990. The van der Waals surface area contributed by atoms with Crippen molar-refractivity contribution in [3.63, 3.8) is 0 Å². The van der Waals surface area contributed by atoms with Gasteiger partial charge in [-0.3, -0.25) is 4.79 Å².